The maximum atomic E-state index is 12.5. The van der Waals surface area contributed by atoms with Gasteiger partial charge in [0.05, 0.1) is 10.00 Å². The van der Waals surface area contributed by atoms with Gasteiger partial charge in [-0.3, -0.25) is 9.59 Å². The van der Waals surface area contributed by atoms with Crippen LogP contribution in [0.2, 0.25) is 0 Å². The molecule has 24 heavy (non-hydrogen) atoms. The minimum Gasteiger partial charge on any atom is -0.341 e. The number of sulfone groups is 1. The SMILES string of the molecule is CC(C)(C)S(=O)(=O)C1CCN(C(=O)CCC(=O)c2ccccc2)C1. The van der Waals surface area contributed by atoms with Crippen LogP contribution in [0.15, 0.2) is 30.3 Å². The normalized spacial score (nSPS) is 18.6. The number of Topliss-reactive ketones (excluding diaryl/α,β-unsaturated/α-hetero) is 1. The van der Waals surface area contributed by atoms with E-state index in [-0.39, 0.29) is 31.1 Å². The third-order valence-electron chi connectivity index (χ3n) is 4.45. The summed E-state index contributed by atoms with van der Waals surface area (Å²) in [5.74, 6) is -0.215. The molecule has 1 fully saturated rings. The van der Waals surface area contributed by atoms with Crippen molar-refractivity contribution >= 4 is 21.5 Å². The van der Waals surface area contributed by atoms with Gasteiger partial charge in [0, 0.05) is 31.5 Å². The molecule has 0 aromatic heterocycles. The number of likely N-dealkylation sites (tertiary alicyclic amines) is 1. The molecule has 0 bridgehead atoms. The van der Waals surface area contributed by atoms with E-state index in [2.05, 4.69) is 0 Å². The molecule has 1 atom stereocenters. The molecule has 0 N–H and O–H groups in total. The van der Waals surface area contributed by atoms with E-state index >= 15 is 0 Å². The van der Waals surface area contributed by atoms with E-state index in [1.807, 2.05) is 6.07 Å². The van der Waals surface area contributed by atoms with Gasteiger partial charge in [-0.1, -0.05) is 30.3 Å². The van der Waals surface area contributed by atoms with E-state index in [1.54, 1.807) is 49.9 Å². The highest BCUT2D eigenvalue weighted by Gasteiger charge is 2.41. The van der Waals surface area contributed by atoms with Gasteiger partial charge < -0.3 is 4.90 Å². The molecule has 0 saturated carbocycles. The predicted molar refractivity (Wildman–Crippen MR) is 93.7 cm³/mol. The predicted octanol–water partition coefficient (Wildman–Crippen LogP) is 2.46. The van der Waals surface area contributed by atoms with Gasteiger partial charge in [0.2, 0.25) is 5.91 Å². The lowest BCUT2D eigenvalue weighted by molar-refractivity contribution is -0.130. The van der Waals surface area contributed by atoms with Gasteiger partial charge in [-0.05, 0) is 27.2 Å². The topological polar surface area (TPSA) is 71.5 Å². The number of amides is 1. The van der Waals surface area contributed by atoms with Crippen LogP contribution in [0.3, 0.4) is 0 Å². The molecular formula is C18H25NO4S. The van der Waals surface area contributed by atoms with Crippen molar-refractivity contribution in [1.82, 2.24) is 4.90 Å². The second-order valence-corrected chi connectivity index (χ2v) is 10.2. The second kappa shape index (κ2) is 7.05. The fourth-order valence-corrected chi connectivity index (χ4v) is 4.65. The number of benzene rings is 1. The van der Waals surface area contributed by atoms with E-state index < -0.39 is 19.8 Å². The molecule has 1 amide bonds. The molecule has 2 rings (SSSR count). The highest BCUT2D eigenvalue weighted by Crippen LogP contribution is 2.27. The van der Waals surface area contributed by atoms with Crippen LogP contribution in [0.5, 0.6) is 0 Å². The molecule has 1 aliphatic heterocycles. The van der Waals surface area contributed by atoms with Gasteiger partial charge in [0.25, 0.3) is 0 Å². The first-order chi connectivity index (χ1) is 11.1. The molecule has 1 aromatic carbocycles. The lowest BCUT2D eigenvalue weighted by Crippen LogP contribution is -2.39. The fourth-order valence-electron chi connectivity index (χ4n) is 2.85. The monoisotopic (exact) mass is 351 g/mol. The van der Waals surface area contributed by atoms with Gasteiger partial charge >= 0.3 is 0 Å². The number of ketones is 1. The van der Waals surface area contributed by atoms with Crippen molar-refractivity contribution in [2.75, 3.05) is 13.1 Å². The Labute approximate surface area is 144 Å². The van der Waals surface area contributed by atoms with Gasteiger partial charge in [-0.2, -0.15) is 0 Å². The van der Waals surface area contributed by atoms with Crippen molar-refractivity contribution in [2.45, 2.75) is 50.0 Å². The summed E-state index contributed by atoms with van der Waals surface area (Å²) in [6, 6.07) is 8.88. The minimum absolute atomic E-state index is 0.0676. The van der Waals surface area contributed by atoms with Crippen molar-refractivity contribution in [3.05, 3.63) is 35.9 Å². The Balaban J connectivity index is 1.90. The molecule has 0 radical (unpaired) electrons. The van der Waals surface area contributed by atoms with Crippen molar-refractivity contribution < 1.29 is 18.0 Å². The van der Waals surface area contributed by atoms with Crippen molar-refractivity contribution in [3.8, 4) is 0 Å². The quantitative estimate of drug-likeness (QED) is 0.764. The number of carbonyl (C=O) groups excluding carboxylic acids is 2. The Morgan fingerprint density at radius 3 is 2.33 bits per heavy atom. The van der Waals surface area contributed by atoms with Crippen LogP contribution in [0, 0.1) is 0 Å². The van der Waals surface area contributed by atoms with E-state index in [0.29, 0.717) is 18.5 Å². The summed E-state index contributed by atoms with van der Waals surface area (Å²) >= 11 is 0. The lowest BCUT2D eigenvalue weighted by Gasteiger charge is -2.24. The fraction of sp³-hybridized carbons (Fsp3) is 0.556. The molecule has 0 spiro atoms. The number of hydrogen-bond acceptors (Lipinski definition) is 4. The number of hydrogen-bond donors (Lipinski definition) is 0. The maximum absolute atomic E-state index is 12.5. The summed E-state index contributed by atoms with van der Waals surface area (Å²) in [6.07, 6.45) is 0.740. The molecule has 1 aliphatic rings. The van der Waals surface area contributed by atoms with Gasteiger partial charge in [0.1, 0.15) is 0 Å². The molecule has 132 valence electrons. The molecule has 1 unspecified atom stereocenters. The van der Waals surface area contributed by atoms with Crippen LogP contribution in [-0.4, -0.2) is 48.1 Å². The van der Waals surface area contributed by atoms with Crippen molar-refractivity contribution in [2.24, 2.45) is 0 Å². The molecule has 0 aliphatic carbocycles. The average Bonchev–Trinajstić information content (AvgIpc) is 3.02. The van der Waals surface area contributed by atoms with Crippen LogP contribution in [0.25, 0.3) is 0 Å². The Hall–Kier alpha value is -1.69. The van der Waals surface area contributed by atoms with Crippen molar-refractivity contribution in [3.63, 3.8) is 0 Å². The summed E-state index contributed by atoms with van der Waals surface area (Å²) in [5.41, 5.74) is 0.597. The van der Waals surface area contributed by atoms with E-state index in [0.717, 1.165) is 0 Å². The number of nitrogens with zero attached hydrogens (tertiary/aromatic N) is 1. The largest absolute Gasteiger partial charge is 0.341 e. The van der Waals surface area contributed by atoms with Crippen LogP contribution < -0.4 is 0 Å². The first-order valence-corrected chi connectivity index (χ1v) is 9.77. The van der Waals surface area contributed by atoms with Crippen LogP contribution in [0.4, 0.5) is 0 Å². The summed E-state index contributed by atoms with van der Waals surface area (Å²) < 4.78 is 24.1. The summed E-state index contributed by atoms with van der Waals surface area (Å²) in [5, 5.41) is -0.508. The lowest BCUT2D eigenvalue weighted by atomic mass is 10.1. The number of rotatable bonds is 5. The average molecular weight is 351 g/mol. The first-order valence-electron chi connectivity index (χ1n) is 8.22. The third-order valence-corrected chi connectivity index (χ3v) is 7.42. The molecule has 1 heterocycles. The Kier molecular flexibility index (Phi) is 5.48. The summed E-state index contributed by atoms with van der Waals surface area (Å²) in [6.45, 7) is 5.73. The summed E-state index contributed by atoms with van der Waals surface area (Å²) in [4.78, 5) is 25.9. The summed E-state index contributed by atoms with van der Waals surface area (Å²) in [7, 11) is -3.28. The molecule has 1 saturated heterocycles. The second-order valence-electron chi connectivity index (χ2n) is 7.20. The zero-order chi connectivity index (χ0) is 18.0. The molecule has 6 heteroatoms. The highest BCUT2D eigenvalue weighted by atomic mass is 32.2. The van der Waals surface area contributed by atoms with Crippen LogP contribution >= 0.6 is 0 Å². The van der Waals surface area contributed by atoms with E-state index in [1.165, 1.54) is 0 Å². The van der Waals surface area contributed by atoms with Gasteiger partial charge in [-0.25, -0.2) is 8.42 Å². The van der Waals surface area contributed by atoms with Crippen molar-refractivity contribution in [1.29, 1.82) is 0 Å². The third kappa shape index (κ3) is 4.04. The zero-order valence-electron chi connectivity index (χ0n) is 14.5. The van der Waals surface area contributed by atoms with Crippen LogP contribution in [0.1, 0.15) is 50.4 Å². The maximum Gasteiger partial charge on any atom is 0.223 e. The molecule has 1 aromatic rings. The standard InChI is InChI=1S/C18H25NO4S/c1-18(2,3)24(22,23)15-11-12-19(13-15)17(21)10-9-16(20)14-7-5-4-6-8-14/h4-8,15H,9-13H2,1-3H3. The molecular weight excluding hydrogens is 326 g/mol. The van der Waals surface area contributed by atoms with Gasteiger partial charge in [-0.15, -0.1) is 0 Å². The Bertz CT molecular complexity index is 704. The van der Waals surface area contributed by atoms with Crippen LogP contribution in [-0.2, 0) is 14.6 Å². The van der Waals surface area contributed by atoms with Gasteiger partial charge in [0.15, 0.2) is 15.6 Å². The number of carbonyl (C=O) groups is 2. The first kappa shape index (κ1) is 18.6. The molecule has 5 nitrogen and oxygen atoms in total. The van der Waals surface area contributed by atoms with E-state index in [4.69, 9.17) is 0 Å². The minimum atomic E-state index is -3.28. The Morgan fingerprint density at radius 1 is 1.12 bits per heavy atom. The smallest absolute Gasteiger partial charge is 0.223 e. The Morgan fingerprint density at radius 2 is 1.75 bits per heavy atom. The zero-order valence-corrected chi connectivity index (χ0v) is 15.3. The highest BCUT2D eigenvalue weighted by molar-refractivity contribution is 7.93. The van der Waals surface area contributed by atoms with E-state index in [9.17, 15) is 18.0 Å².